The van der Waals surface area contributed by atoms with E-state index in [1.54, 1.807) is 24.3 Å². The third-order valence-electron chi connectivity index (χ3n) is 11.9. The fraction of sp³-hybridized carbons (Fsp3) is 0.345. The maximum atomic E-state index is 6.52. The second kappa shape index (κ2) is 26.9. The molecule has 1 saturated carbocycles. The number of hydrogen-bond donors (Lipinski definition) is 0. The number of para-hydroxylation sites is 2. The quantitative estimate of drug-likeness (QED) is 0.0256. The molecule has 1 aliphatic carbocycles. The van der Waals surface area contributed by atoms with Crippen LogP contribution in [0.3, 0.4) is 0 Å². The largest absolute Gasteiger partial charge is 0.491 e. The standard InChI is InChI=1S/C58H68O8/c1-6-31-59-35-39-63-54-21-15-13-19-50(54)52-43-48(27-29-56(52)65-41-37-61-33-8-3)58(5,47-25-23-46(24-26-47)45-17-11-10-12-18-45)49-28-30-57(66-42-38-62-34-9-4)53(44-49)51-20-14-16-22-55(51)64-40-36-60-32-7-2/h6-9,13-16,19-30,43-45H,1-4,10-12,17-18,31-42H2,5H3. The molecule has 1 fully saturated rings. The molecule has 0 amide bonds. The Kier molecular flexibility index (Phi) is 20.2. The first-order chi connectivity index (χ1) is 32.5. The van der Waals surface area contributed by atoms with Crippen LogP contribution in [0.5, 0.6) is 23.0 Å². The molecule has 8 nitrogen and oxygen atoms in total. The highest BCUT2D eigenvalue weighted by atomic mass is 16.5. The van der Waals surface area contributed by atoms with Gasteiger partial charge in [0.05, 0.1) is 52.9 Å². The molecular weight excluding hydrogens is 825 g/mol. The number of rotatable bonds is 30. The summed E-state index contributed by atoms with van der Waals surface area (Å²) < 4.78 is 48.6. The van der Waals surface area contributed by atoms with Crippen molar-refractivity contribution in [3.05, 3.63) is 182 Å². The van der Waals surface area contributed by atoms with Crippen LogP contribution in [-0.2, 0) is 24.4 Å². The lowest BCUT2D eigenvalue weighted by Gasteiger charge is -2.34. The van der Waals surface area contributed by atoms with Crippen LogP contribution < -0.4 is 18.9 Å². The van der Waals surface area contributed by atoms with Crippen molar-refractivity contribution in [3.8, 4) is 45.3 Å². The van der Waals surface area contributed by atoms with Crippen LogP contribution in [0, 0.1) is 0 Å². The molecule has 0 aliphatic heterocycles. The van der Waals surface area contributed by atoms with Gasteiger partial charge in [0.15, 0.2) is 0 Å². The van der Waals surface area contributed by atoms with Gasteiger partial charge in [0, 0.05) is 27.7 Å². The van der Waals surface area contributed by atoms with Gasteiger partial charge in [0.2, 0.25) is 0 Å². The van der Waals surface area contributed by atoms with Crippen LogP contribution in [0.4, 0.5) is 0 Å². The van der Waals surface area contributed by atoms with Gasteiger partial charge in [-0.3, -0.25) is 0 Å². The van der Waals surface area contributed by atoms with E-state index in [1.165, 1.54) is 37.7 Å². The van der Waals surface area contributed by atoms with Crippen LogP contribution in [0.25, 0.3) is 22.3 Å². The summed E-state index contributed by atoms with van der Waals surface area (Å²) in [4.78, 5) is 0. The minimum atomic E-state index is -0.672. The van der Waals surface area contributed by atoms with Gasteiger partial charge >= 0.3 is 0 Å². The van der Waals surface area contributed by atoms with Crippen molar-refractivity contribution in [1.82, 2.24) is 0 Å². The number of ether oxygens (including phenoxy) is 8. The molecule has 0 saturated heterocycles. The Morgan fingerprint density at radius 2 is 0.788 bits per heavy atom. The maximum absolute atomic E-state index is 6.52. The number of benzene rings is 5. The predicted molar refractivity (Wildman–Crippen MR) is 268 cm³/mol. The molecular formula is C58H68O8. The molecule has 0 N–H and O–H groups in total. The van der Waals surface area contributed by atoms with Gasteiger partial charge in [0.25, 0.3) is 0 Å². The minimum absolute atomic E-state index is 0.365. The lowest BCUT2D eigenvalue weighted by molar-refractivity contribution is 0.120. The Morgan fingerprint density at radius 1 is 0.424 bits per heavy atom. The average Bonchev–Trinajstić information content (AvgIpc) is 3.36. The molecule has 5 aromatic rings. The maximum Gasteiger partial charge on any atom is 0.127 e. The summed E-state index contributed by atoms with van der Waals surface area (Å²) in [5.74, 6) is 3.49. The molecule has 5 aromatic carbocycles. The first-order valence-electron chi connectivity index (χ1n) is 23.4. The molecule has 0 heterocycles. The molecule has 348 valence electrons. The topological polar surface area (TPSA) is 73.8 Å². The van der Waals surface area contributed by atoms with E-state index < -0.39 is 5.41 Å². The van der Waals surface area contributed by atoms with E-state index in [1.807, 2.05) is 36.4 Å². The summed E-state index contributed by atoms with van der Waals surface area (Å²) in [5.41, 5.74) is 7.66. The van der Waals surface area contributed by atoms with Crippen LogP contribution in [0.15, 0.2) is 160 Å². The van der Waals surface area contributed by atoms with Crippen molar-refractivity contribution in [3.63, 3.8) is 0 Å². The van der Waals surface area contributed by atoms with Crippen molar-refractivity contribution in [1.29, 1.82) is 0 Å². The van der Waals surface area contributed by atoms with Gasteiger partial charge in [-0.2, -0.15) is 0 Å². The molecule has 0 aromatic heterocycles. The summed E-state index contributed by atoms with van der Waals surface area (Å²) in [6.45, 7) is 22.4. The fourth-order valence-electron chi connectivity index (χ4n) is 8.52. The molecule has 1 aliphatic rings. The molecule has 0 unspecified atom stereocenters. The molecule has 0 spiro atoms. The average molecular weight is 893 g/mol. The van der Waals surface area contributed by atoms with Gasteiger partial charge in [-0.25, -0.2) is 0 Å². The zero-order valence-electron chi connectivity index (χ0n) is 38.9. The second-order valence-corrected chi connectivity index (χ2v) is 16.3. The summed E-state index contributed by atoms with van der Waals surface area (Å²) >= 11 is 0. The zero-order valence-corrected chi connectivity index (χ0v) is 38.9. The highest BCUT2D eigenvalue weighted by Crippen LogP contribution is 2.47. The van der Waals surface area contributed by atoms with Crippen LogP contribution in [0.1, 0.15) is 67.2 Å². The monoisotopic (exact) mass is 892 g/mol. The van der Waals surface area contributed by atoms with E-state index in [-0.39, 0.29) is 0 Å². The lowest BCUT2D eigenvalue weighted by atomic mass is 9.69. The van der Waals surface area contributed by atoms with Gasteiger partial charge in [-0.1, -0.05) is 116 Å². The third kappa shape index (κ3) is 13.6. The van der Waals surface area contributed by atoms with Gasteiger partial charge in [-0.15, -0.1) is 26.3 Å². The summed E-state index contributed by atoms with van der Waals surface area (Å²) in [7, 11) is 0. The highest BCUT2D eigenvalue weighted by Gasteiger charge is 2.34. The molecule has 0 bridgehead atoms. The van der Waals surface area contributed by atoms with E-state index >= 15 is 0 Å². The van der Waals surface area contributed by atoms with Crippen molar-refractivity contribution < 1.29 is 37.9 Å². The van der Waals surface area contributed by atoms with Gasteiger partial charge < -0.3 is 37.9 Å². The summed E-state index contributed by atoms with van der Waals surface area (Å²) in [6, 6.07) is 38.6. The van der Waals surface area contributed by atoms with Crippen LogP contribution in [-0.4, -0.2) is 79.3 Å². The molecule has 0 radical (unpaired) electrons. The van der Waals surface area contributed by atoms with E-state index in [9.17, 15) is 0 Å². The van der Waals surface area contributed by atoms with Crippen molar-refractivity contribution in [2.75, 3.05) is 79.3 Å². The molecule has 66 heavy (non-hydrogen) atoms. The van der Waals surface area contributed by atoms with Crippen LogP contribution in [0.2, 0.25) is 0 Å². The Balaban J connectivity index is 1.51. The zero-order chi connectivity index (χ0) is 46.2. The Hall–Kier alpha value is -5.90. The first-order valence-corrected chi connectivity index (χ1v) is 23.4. The minimum Gasteiger partial charge on any atom is -0.491 e. The Bertz CT molecular complexity index is 2150. The van der Waals surface area contributed by atoms with E-state index in [2.05, 4.69) is 106 Å². The van der Waals surface area contributed by atoms with E-state index in [4.69, 9.17) is 37.9 Å². The molecule has 6 rings (SSSR count). The fourth-order valence-corrected chi connectivity index (χ4v) is 8.52. The second-order valence-electron chi connectivity index (χ2n) is 16.3. The van der Waals surface area contributed by atoms with E-state index in [0.717, 1.165) is 61.9 Å². The Labute approximate surface area is 393 Å². The first kappa shape index (κ1) is 49.5. The van der Waals surface area contributed by atoms with E-state index in [0.29, 0.717) is 85.2 Å². The van der Waals surface area contributed by atoms with Crippen LogP contribution >= 0.6 is 0 Å². The normalized spacial score (nSPS) is 12.9. The van der Waals surface area contributed by atoms with Gasteiger partial charge in [-0.05, 0) is 84.3 Å². The van der Waals surface area contributed by atoms with Crippen molar-refractivity contribution in [2.24, 2.45) is 0 Å². The van der Waals surface area contributed by atoms with Crippen molar-refractivity contribution >= 4 is 0 Å². The summed E-state index contributed by atoms with van der Waals surface area (Å²) in [5, 5.41) is 0. The Morgan fingerprint density at radius 3 is 1.18 bits per heavy atom. The lowest BCUT2D eigenvalue weighted by Crippen LogP contribution is -2.26. The molecule has 8 heteroatoms. The smallest absolute Gasteiger partial charge is 0.127 e. The third-order valence-corrected chi connectivity index (χ3v) is 11.9. The predicted octanol–water partition coefficient (Wildman–Crippen LogP) is 12.7. The SMILES string of the molecule is C=CCOCCOc1ccccc1-c1cc(C(C)(c2ccc(C3CCCCC3)cc2)c2ccc(OCCOCC=C)c(-c3ccccc3OCCOCC=C)c2)ccc1OCCOCC=C. The van der Waals surface area contributed by atoms with Crippen molar-refractivity contribution in [2.45, 2.75) is 50.4 Å². The number of hydrogen-bond acceptors (Lipinski definition) is 8. The summed E-state index contributed by atoms with van der Waals surface area (Å²) in [6.07, 6.45) is 13.3. The van der Waals surface area contributed by atoms with Gasteiger partial charge in [0.1, 0.15) is 49.4 Å². The highest BCUT2D eigenvalue weighted by molar-refractivity contribution is 5.79. The molecule has 0 atom stereocenters.